The summed E-state index contributed by atoms with van der Waals surface area (Å²) in [7, 11) is 2.06. The third kappa shape index (κ3) is 2.60. The molecule has 0 aromatic carbocycles. The number of thiazole rings is 1. The zero-order valence-corrected chi connectivity index (χ0v) is 13.2. The van der Waals surface area contributed by atoms with Gasteiger partial charge in [-0.25, -0.2) is 4.98 Å². The third-order valence-electron chi connectivity index (χ3n) is 4.43. The number of anilines is 1. The van der Waals surface area contributed by atoms with Crippen LogP contribution < -0.4 is 10.2 Å². The summed E-state index contributed by atoms with van der Waals surface area (Å²) < 4.78 is 5.53. The van der Waals surface area contributed by atoms with Crippen LogP contribution in [0.3, 0.4) is 0 Å². The van der Waals surface area contributed by atoms with Gasteiger partial charge in [0.1, 0.15) is 5.76 Å². The Bertz CT molecular complexity index is 603. The first-order valence-corrected chi connectivity index (χ1v) is 8.62. The van der Waals surface area contributed by atoms with Gasteiger partial charge in [-0.05, 0) is 51.3 Å². The van der Waals surface area contributed by atoms with Gasteiger partial charge in [0.15, 0.2) is 5.13 Å². The van der Waals surface area contributed by atoms with E-state index >= 15 is 0 Å². The molecule has 4 nitrogen and oxygen atoms in total. The second kappa shape index (κ2) is 5.46. The van der Waals surface area contributed by atoms with E-state index in [2.05, 4.69) is 23.3 Å². The Morgan fingerprint density at radius 2 is 2.33 bits per heavy atom. The van der Waals surface area contributed by atoms with E-state index in [-0.39, 0.29) is 0 Å². The van der Waals surface area contributed by atoms with E-state index in [1.807, 2.05) is 17.4 Å². The maximum atomic E-state index is 5.53. The van der Waals surface area contributed by atoms with E-state index in [0.29, 0.717) is 12.1 Å². The van der Waals surface area contributed by atoms with Crippen LogP contribution in [-0.2, 0) is 13.0 Å². The van der Waals surface area contributed by atoms with E-state index in [1.165, 1.54) is 41.4 Å². The first-order chi connectivity index (χ1) is 10.3. The number of hydrogen-bond acceptors (Lipinski definition) is 5. The average Bonchev–Trinajstić information content (AvgIpc) is 3.04. The topological polar surface area (TPSA) is 41.3 Å². The highest BCUT2D eigenvalue weighted by Crippen LogP contribution is 2.41. The zero-order chi connectivity index (χ0) is 14.2. The summed E-state index contributed by atoms with van der Waals surface area (Å²) in [6.45, 7) is 0.842. The van der Waals surface area contributed by atoms with Gasteiger partial charge in [-0.2, -0.15) is 0 Å². The van der Waals surface area contributed by atoms with E-state index in [0.717, 1.165) is 18.7 Å². The molecule has 2 heterocycles. The van der Waals surface area contributed by atoms with E-state index in [4.69, 9.17) is 9.40 Å². The number of aryl methyl sites for hydroxylation is 1. The molecule has 2 aliphatic rings. The third-order valence-corrected chi connectivity index (χ3v) is 5.68. The standard InChI is InChI=1S/C16H21N3OS/c1-17-13-5-2-6-14-15(13)21-16(18-14)19(11-7-8-11)10-12-4-3-9-20-12/h3-4,9,11,13,17H,2,5-8,10H2,1H3. The molecule has 5 heteroatoms. The van der Waals surface area contributed by atoms with Crippen molar-refractivity contribution in [2.75, 3.05) is 11.9 Å². The van der Waals surface area contributed by atoms with Crippen molar-refractivity contribution in [3.8, 4) is 0 Å². The summed E-state index contributed by atoms with van der Waals surface area (Å²) in [6.07, 6.45) is 7.91. The minimum atomic E-state index is 0.490. The minimum Gasteiger partial charge on any atom is -0.467 e. The van der Waals surface area contributed by atoms with Crippen LogP contribution in [0.5, 0.6) is 0 Å². The second-order valence-electron chi connectivity index (χ2n) is 5.98. The Morgan fingerprint density at radius 3 is 3.05 bits per heavy atom. The Balaban J connectivity index is 1.62. The van der Waals surface area contributed by atoms with Crippen molar-refractivity contribution in [1.82, 2.24) is 10.3 Å². The van der Waals surface area contributed by atoms with Gasteiger partial charge in [0.25, 0.3) is 0 Å². The van der Waals surface area contributed by atoms with Gasteiger partial charge < -0.3 is 14.6 Å². The summed E-state index contributed by atoms with van der Waals surface area (Å²) in [4.78, 5) is 8.84. The highest BCUT2D eigenvalue weighted by molar-refractivity contribution is 7.15. The Labute approximate surface area is 129 Å². The number of aromatic nitrogens is 1. The summed E-state index contributed by atoms with van der Waals surface area (Å²) in [5, 5.41) is 4.62. The van der Waals surface area contributed by atoms with Crippen molar-refractivity contribution in [1.29, 1.82) is 0 Å². The quantitative estimate of drug-likeness (QED) is 0.918. The lowest BCUT2D eigenvalue weighted by molar-refractivity contribution is 0.498. The van der Waals surface area contributed by atoms with Gasteiger partial charge in [0.2, 0.25) is 0 Å². The highest BCUT2D eigenvalue weighted by atomic mass is 32.1. The maximum absolute atomic E-state index is 5.53. The fourth-order valence-corrected chi connectivity index (χ4v) is 4.44. The van der Waals surface area contributed by atoms with Crippen LogP contribution in [0, 0.1) is 0 Å². The molecule has 2 aromatic rings. The van der Waals surface area contributed by atoms with Crippen LogP contribution in [0.15, 0.2) is 22.8 Å². The van der Waals surface area contributed by atoms with Crippen LogP contribution in [-0.4, -0.2) is 18.1 Å². The molecule has 0 bridgehead atoms. The summed E-state index contributed by atoms with van der Waals surface area (Å²) in [5.74, 6) is 1.03. The maximum Gasteiger partial charge on any atom is 0.186 e. The summed E-state index contributed by atoms with van der Waals surface area (Å²) in [6, 6.07) is 5.16. The van der Waals surface area contributed by atoms with Crippen molar-refractivity contribution in [3.63, 3.8) is 0 Å². The molecule has 0 aliphatic heterocycles. The van der Waals surface area contributed by atoms with Crippen LogP contribution in [0.2, 0.25) is 0 Å². The molecular formula is C16H21N3OS. The molecule has 0 spiro atoms. The molecule has 2 aromatic heterocycles. The number of nitrogens with one attached hydrogen (secondary N) is 1. The monoisotopic (exact) mass is 303 g/mol. The van der Waals surface area contributed by atoms with Crippen molar-refractivity contribution in [2.45, 2.75) is 50.7 Å². The Morgan fingerprint density at radius 1 is 1.43 bits per heavy atom. The predicted octanol–water partition coefficient (Wildman–Crippen LogP) is 3.50. The van der Waals surface area contributed by atoms with Crippen molar-refractivity contribution >= 4 is 16.5 Å². The largest absolute Gasteiger partial charge is 0.467 e. The molecule has 0 saturated heterocycles. The molecule has 2 aliphatic carbocycles. The average molecular weight is 303 g/mol. The number of fused-ring (bicyclic) bond motifs is 1. The summed E-state index contributed by atoms with van der Waals surface area (Å²) in [5.41, 5.74) is 1.31. The van der Waals surface area contributed by atoms with Gasteiger partial charge in [0.05, 0.1) is 18.5 Å². The Hall–Kier alpha value is -1.33. The van der Waals surface area contributed by atoms with Gasteiger partial charge in [0, 0.05) is 17.0 Å². The van der Waals surface area contributed by atoms with Crippen LogP contribution in [0.25, 0.3) is 0 Å². The molecule has 1 N–H and O–H groups in total. The van der Waals surface area contributed by atoms with Crippen LogP contribution in [0.4, 0.5) is 5.13 Å². The predicted molar refractivity (Wildman–Crippen MR) is 84.8 cm³/mol. The molecular weight excluding hydrogens is 282 g/mol. The number of hydrogen-bond donors (Lipinski definition) is 1. The molecule has 1 unspecified atom stereocenters. The number of furan rings is 1. The van der Waals surface area contributed by atoms with E-state index in [1.54, 1.807) is 6.26 Å². The van der Waals surface area contributed by atoms with E-state index < -0.39 is 0 Å². The molecule has 1 atom stereocenters. The van der Waals surface area contributed by atoms with Crippen LogP contribution in [0.1, 0.15) is 48.1 Å². The number of nitrogens with zero attached hydrogens (tertiary/aromatic N) is 2. The van der Waals surface area contributed by atoms with Gasteiger partial charge in [-0.1, -0.05) is 11.3 Å². The lowest BCUT2D eigenvalue weighted by Crippen LogP contribution is -2.24. The first-order valence-electron chi connectivity index (χ1n) is 7.81. The smallest absolute Gasteiger partial charge is 0.186 e. The van der Waals surface area contributed by atoms with Gasteiger partial charge in [-0.15, -0.1) is 0 Å². The first kappa shape index (κ1) is 13.3. The van der Waals surface area contributed by atoms with Crippen LogP contribution >= 0.6 is 11.3 Å². The Kier molecular flexibility index (Phi) is 3.47. The molecule has 0 amide bonds. The van der Waals surface area contributed by atoms with Crippen molar-refractivity contribution < 1.29 is 4.42 Å². The zero-order valence-electron chi connectivity index (χ0n) is 12.3. The SMILES string of the molecule is CNC1CCCc2nc(N(Cc3ccco3)C3CC3)sc21. The molecule has 4 rings (SSSR count). The molecule has 1 saturated carbocycles. The molecule has 0 radical (unpaired) electrons. The molecule has 1 fully saturated rings. The fourth-order valence-electron chi connectivity index (χ4n) is 3.11. The minimum absolute atomic E-state index is 0.490. The van der Waals surface area contributed by atoms with Crippen molar-refractivity contribution in [2.24, 2.45) is 0 Å². The molecule has 112 valence electrons. The lowest BCUT2D eigenvalue weighted by atomic mass is 9.98. The normalized spacial score (nSPS) is 21.3. The van der Waals surface area contributed by atoms with Gasteiger partial charge in [-0.3, -0.25) is 0 Å². The molecule has 21 heavy (non-hydrogen) atoms. The fraction of sp³-hybridized carbons (Fsp3) is 0.562. The number of rotatable bonds is 5. The van der Waals surface area contributed by atoms with Gasteiger partial charge >= 0.3 is 0 Å². The highest BCUT2D eigenvalue weighted by Gasteiger charge is 2.33. The van der Waals surface area contributed by atoms with E-state index in [9.17, 15) is 0 Å². The van der Waals surface area contributed by atoms with Crippen molar-refractivity contribution in [3.05, 3.63) is 34.7 Å². The summed E-state index contributed by atoms with van der Waals surface area (Å²) >= 11 is 1.88. The lowest BCUT2D eigenvalue weighted by Gasteiger charge is -2.20. The second-order valence-corrected chi connectivity index (χ2v) is 6.99.